The first-order valence-electron chi connectivity index (χ1n) is 2.02. The zero-order valence-corrected chi connectivity index (χ0v) is 4.70. The zero-order chi connectivity index (χ0) is 4.12. The Hall–Kier alpha value is 0.337. The second-order valence-corrected chi connectivity index (χ2v) is 1.08. The summed E-state index contributed by atoms with van der Waals surface area (Å²) in [5.41, 5.74) is 0. The quantitative estimate of drug-likeness (QED) is 0.347. The molecule has 0 saturated carbocycles. The molecule has 0 heterocycles. The van der Waals surface area contributed by atoms with Crippen LogP contribution in [0.5, 0.6) is 0 Å². The van der Waals surface area contributed by atoms with Crippen molar-refractivity contribution >= 4 is 18.9 Å². The van der Waals surface area contributed by atoms with Gasteiger partial charge in [-0.05, 0) is 6.42 Å². The molecule has 0 bridgehead atoms. The van der Waals surface area contributed by atoms with Gasteiger partial charge >= 0.3 is 0 Å². The van der Waals surface area contributed by atoms with Gasteiger partial charge in [0, 0.05) is 18.9 Å². The minimum absolute atomic E-state index is 0. The molecule has 6 heavy (non-hydrogen) atoms. The van der Waals surface area contributed by atoms with Crippen LogP contribution in [0.3, 0.4) is 0 Å². The average Bonchev–Trinajstić information content (AvgIpc) is 1.41. The number of unbranched alkanes of at least 4 members (excludes halogenated alkanes) is 1. The maximum absolute atomic E-state index is 3.55. The number of hydrogen-bond acceptors (Lipinski definition) is 0. The average molecular weight is 77.1 g/mol. The summed E-state index contributed by atoms with van der Waals surface area (Å²) in [6.45, 7) is 5.69. The maximum Gasteiger partial charge on any atom is 0 e. The van der Waals surface area contributed by atoms with Crippen LogP contribution in [0.4, 0.5) is 0 Å². The summed E-state index contributed by atoms with van der Waals surface area (Å²) in [5.74, 6) is 0. The molecule has 0 saturated heterocycles. The monoisotopic (exact) mass is 77.1 g/mol. The van der Waals surface area contributed by atoms with Gasteiger partial charge in [0.15, 0.2) is 0 Å². The molecule has 0 N–H and O–H groups in total. The molecular weight excluding hydrogens is 67.0 g/mol. The van der Waals surface area contributed by atoms with Gasteiger partial charge in [-0.1, -0.05) is 19.4 Å². The standard InChI is InChI=1S/C5H10.Li/c1-3-5-4-2;/h3H,1,4-5H2,2H3;. The van der Waals surface area contributed by atoms with Crippen LogP contribution in [0.25, 0.3) is 0 Å². The molecule has 31 valence electrons. The number of allylic oxidation sites excluding steroid dienone is 1. The van der Waals surface area contributed by atoms with Crippen molar-refractivity contribution in [1.29, 1.82) is 0 Å². The van der Waals surface area contributed by atoms with E-state index >= 15 is 0 Å². The van der Waals surface area contributed by atoms with Crippen LogP contribution in [0.2, 0.25) is 0 Å². The second kappa shape index (κ2) is 9.02. The van der Waals surface area contributed by atoms with Gasteiger partial charge in [0.1, 0.15) is 0 Å². The zero-order valence-electron chi connectivity index (χ0n) is 4.70. The fourth-order valence-corrected chi connectivity index (χ4v) is 0.204. The van der Waals surface area contributed by atoms with E-state index in [9.17, 15) is 0 Å². The molecule has 0 spiro atoms. The smallest absolute Gasteiger partial charge is 0 e. The van der Waals surface area contributed by atoms with Crippen LogP contribution < -0.4 is 0 Å². The van der Waals surface area contributed by atoms with Gasteiger partial charge in [-0.3, -0.25) is 0 Å². The minimum atomic E-state index is 0. The topological polar surface area (TPSA) is 0 Å². The fourth-order valence-electron chi connectivity index (χ4n) is 0.204. The van der Waals surface area contributed by atoms with E-state index in [4.69, 9.17) is 0 Å². The molecule has 0 aromatic rings. The SMILES string of the molecule is C=CCCC.[Li]. The van der Waals surface area contributed by atoms with E-state index in [-0.39, 0.29) is 18.9 Å². The van der Waals surface area contributed by atoms with Gasteiger partial charge < -0.3 is 0 Å². The molecule has 0 aliphatic heterocycles. The van der Waals surface area contributed by atoms with Gasteiger partial charge in [-0.2, -0.15) is 0 Å². The minimum Gasteiger partial charge on any atom is -0.103 e. The summed E-state index contributed by atoms with van der Waals surface area (Å²) >= 11 is 0. The molecule has 0 aromatic carbocycles. The van der Waals surface area contributed by atoms with E-state index in [0.29, 0.717) is 0 Å². The van der Waals surface area contributed by atoms with Gasteiger partial charge in [0.05, 0.1) is 0 Å². The van der Waals surface area contributed by atoms with E-state index in [1.165, 1.54) is 6.42 Å². The molecule has 0 aliphatic carbocycles. The van der Waals surface area contributed by atoms with Crippen LogP contribution in [-0.4, -0.2) is 18.9 Å². The van der Waals surface area contributed by atoms with E-state index in [2.05, 4.69) is 13.5 Å². The predicted octanol–water partition coefficient (Wildman–Crippen LogP) is 1.59. The summed E-state index contributed by atoms with van der Waals surface area (Å²) in [6, 6.07) is 0. The first kappa shape index (κ1) is 9.60. The third-order valence-electron chi connectivity index (χ3n) is 0.493. The largest absolute Gasteiger partial charge is 0.103 e. The summed E-state index contributed by atoms with van der Waals surface area (Å²) in [4.78, 5) is 0. The molecule has 0 aliphatic rings. The Morgan fingerprint density at radius 1 is 1.67 bits per heavy atom. The van der Waals surface area contributed by atoms with Gasteiger partial charge in [-0.25, -0.2) is 0 Å². The van der Waals surface area contributed by atoms with Gasteiger partial charge in [0.25, 0.3) is 0 Å². The number of hydrogen-bond donors (Lipinski definition) is 0. The van der Waals surface area contributed by atoms with Crippen LogP contribution in [0.15, 0.2) is 12.7 Å². The maximum atomic E-state index is 3.55. The summed E-state index contributed by atoms with van der Waals surface area (Å²) in [6.07, 6.45) is 4.31. The molecule has 0 unspecified atom stereocenters. The predicted molar refractivity (Wildman–Crippen MR) is 30.9 cm³/mol. The molecule has 1 radical (unpaired) electrons. The van der Waals surface area contributed by atoms with Crippen molar-refractivity contribution in [3.8, 4) is 0 Å². The third kappa shape index (κ3) is 8.84. The van der Waals surface area contributed by atoms with Crippen LogP contribution >= 0.6 is 0 Å². The Labute approximate surface area is 51.8 Å². The molecule has 0 amide bonds. The molecule has 0 fully saturated rings. The van der Waals surface area contributed by atoms with Crippen molar-refractivity contribution < 1.29 is 0 Å². The van der Waals surface area contributed by atoms with Crippen LogP contribution in [0.1, 0.15) is 19.8 Å². The normalized spacial score (nSPS) is 6.17. The number of rotatable bonds is 2. The fraction of sp³-hybridized carbons (Fsp3) is 0.600. The van der Waals surface area contributed by atoms with Crippen LogP contribution in [-0.2, 0) is 0 Å². The Morgan fingerprint density at radius 3 is 2.17 bits per heavy atom. The van der Waals surface area contributed by atoms with Crippen molar-refractivity contribution in [2.45, 2.75) is 19.8 Å². The summed E-state index contributed by atoms with van der Waals surface area (Å²) < 4.78 is 0. The van der Waals surface area contributed by atoms with Crippen molar-refractivity contribution in [2.75, 3.05) is 0 Å². The van der Waals surface area contributed by atoms with Crippen LogP contribution in [0, 0.1) is 0 Å². The van der Waals surface area contributed by atoms with E-state index in [0.717, 1.165) is 6.42 Å². The molecule has 0 atom stereocenters. The van der Waals surface area contributed by atoms with Crippen molar-refractivity contribution in [1.82, 2.24) is 0 Å². The Kier molecular flexibility index (Phi) is 14.4. The third-order valence-corrected chi connectivity index (χ3v) is 0.493. The van der Waals surface area contributed by atoms with E-state index in [1.54, 1.807) is 0 Å². The molecule has 1 heteroatoms. The molecule has 0 aromatic heterocycles. The molecule has 0 nitrogen and oxygen atoms in total. The Balaban J connectivity index is 0. The molecule has 0 rings (SSSR count). The van der Waals surface area contributed by atoms with E-state index < -0.39 is 0 Å². The van der Waals surface area contributed by atoms with Crippen molar-refractivity contribution in [2.24, 2.45) is 0 Å². The first-order chi connectivity index (χ1) is 2.41. The van der Waals surface area contributed by atoms with Gasteiger partial charge in [-0.15, -0.1) is 6.58 Å². The van der Waals surface area contributed by atoms with Gasteiger partial charge in [0.2, 0.25) is 0 Å². The van der Waals surface area contributed by atoms with E-state index in [1.807, 2.05) is 6.08 Å². The molecular formula is C5H10Li. The second-order valence-electron chi connectivity index (χ2n) is 1.08. The summed E-state index contributed by atoms with van der Waals surface area (Å²) in [7, 11) is 0. The van der Waals surface area contributed by atoms with Crippen molar-refractivity contribution in [3.63, 3.8) is 0 Å². The Bertz CT molecular complexity index is 25.1. The summed E-state index contributed by atoms with van der Waals surface area (Å²) in [5, 5.41) is 0. The first-order valence-corrected chi connectivity index (χ1v) is 2.02. The Morgan fingerprint density at radius 2 is 2.17 bits per heavy atom. The van der Waals surface area contributed by atoms with Crippen molar-refractivity contribution in [3.05, 3.63) is 12.7 Å².